The van der Waals surface area contributed by atoms with Crippen molar-refractivity contribution in [3.05, 3.63) is 118 Å². The van der Waals surface area contributed by atoms with Gasteiger partial charge in [0, 0.05) is 21.0 Å². The first-order valence-electron chi connectivity index (χ1n) is 14.8. The number of benzene rings is 3. The maximum absolute atomic E-state index is 13.5. The SMILES string of the molecule is CCOC(=O)c1c(NC(=O)CSc2cccc(NC(=O)/C(=C\c3ccc(F)cc3)NC(=O)c3ccccc3)c2)sc2c1CCCC2. The monoisotopic (exact) mass is 657 g/mol. The van der Waals surface area contributed by atoms with Gasteiger partial charge in [-0.25, -0.2) is 9.18 Å². The molecule has 1 aromatic heterocycles. The van der Waals surface area contributed by atoms with Gasteiger partial charge in [-0.2, -0.15) is 0 Å². The fraction of sp³-hybridized carbons (Fsp3) is 0.200. The van der Waals surface area contributed by atoms with Gasteiger partial charge in [0.2, 0.25) is 5.91 Å². The van der Waals surface area contributed by atoms with Crippen LogP contribution in [0.5, 0.6) is 0 Å². The van der Waals surface area contributed by atoms with E-state index in [1.807, 2.05) is 6.07 Å². The summed E-state index contributed by atoms with van der Waals surface area (Å²) in [6.45, 7) is 2.01. The Labute approximate surface area is 274 Å². The molecule has 46 heavy (non-hydrogen) atoms. The lowest BCUT2D eigenvalue weighted by molar-refractivity contribution is -0.114. The Morgan fingerprint density at radius 1 is 0.935 bits per heavy atom. The summed E-state index contributed by atoms with van der Waals surface area (Å²) in [5.41, 5.74) is 2.75. The van der Waals surface area contributed by atoms with Crippen LogP contribution in [0.3, 0.4) is 0 Å². The lowest BCUT2D eigenvalue weighted by Gasteiger charge is -2.13. The molecular formula is C35H32FN3O5S2. The van der Waals surface area contributed by atoms with Crippen molar-refractivity contribution in [3.8, 4) is 0 Å². The predicted octanol–water partition coefficient (Wildman–Crippen LogP) is 7.08. The van der Waals surface area contributed by atoms with Crippen LogP contribution in [0.4, 0.5) is 15.1 Å². The molecule has 8 nitrogen and oxygen atoms in total. The van der Waals surface area contributed by atoms with Crippen molar-refractivity contribution >= 4 is 63.6 Å². The minimum Gasteiger partial charge on any atom is -0.462 e. The fourth-order valence-electron chi connectivity index (χ4n) is 4.91. The van der Waals surface area contributed by atoms with E-state index in [1.165, 1.54) is 53.4 Å². The second-order valence-electron chi connectivity index (χ2n) is 10.4. The zero-order valence-electron chi connectivity index (χ0n) is 25.1. The lowest BCUT2D eigenvalue weighted by atomic mass is 9.95. The molecule has 5 rings (SSSR count). The van der Waals surface area contributed by atoms with E-state index >= 15 is 0 Å². The van der Waals surface area contributed by atoms with Gasteiger partial charge in [-0.15, -0.1) is 23.1 Å². The highest BCUT2D eigenvalue weighted by Gasteiger charge is 2.27. The molecule has 3 aromatic carbocycles. The van der Waals surface area contributed by atoms with Gasteiger partial charge in [0.25, 0.3) is 11.8 Å². The van der Waals surface area contributed by atoms with Crippen LogP contribution in [-0.4, -0.2) is 36.1 Å². The van der Waals surface area contributed by atoms with E-state index in [0.717, 1.165) is 41.0 Å². The van der Waals surface area contributed by atoms with Gasteiger partial charge in [-0.3, -0.25) is 14.4 Å². The average molecular weight is 658 g/mol. The highest BCUT2D eigenvalue weighted by molar-refractivity contribution is 8.00. The molecule has 0 unspecified atom stereocenters. The number of rotatable bonds is 11. The van der Waals surface area contributed by atoms with E-state index < -0.39 is 23.6 Å². The topological polar surface area (TPSA) is 114 Å². The third-order valence-electron chi connectivity index (χ3n) is 7.08. The number of amides is 3. The van der Waals surface area contributed by atoms with Gasteiger partial charge in [0.15, 0.2) is 0 Å². The lowest BCUT2D eigenvalue weighted by Crippen LogP contribution is -2.30. The molecule has 1 aliphatic rings. The molecule has 3 N–H and O–H groups in total. The Kier molecular flexibility index (Phi) is 11.0. The van der Waals surface area contributed by atoms with Gasteiger partial charge < -0.3 is 20.7 Å². The maximum atomic E-state index is 13.5. The van der Waals surface area contributed by atoms with Crippen LogP contribution in [-0.2, 0) is 27.2 Å². The van der Waals surface area contributed by atoms with Crippen molar-refractivity contribution in [3.63, 3.8) is 0 Å². The quantitative estimate of drug-likeness (QED) is 0.0903. The molecule has 0 atom stereocenters. The molecule has 0 aliphatic heterocycles. The summed E-state index contributed by atoms with van der Waals surface area (Å²) in [4.78, 5) is 53.8. The van der Waals surface area contributed by atoms with Crippen molar-refractivity contribution in [2.75, 3.05) is 23.0 Å². The molecule has 3 amide bonds. The fourth-order valence-corrected chi connectivity index (χ4v) is 6.96. The summed E-state index contributed by atoms with van der Waals surface area (Å²) in [7, 11) is 0. The third-order valence-corrected chi connectivity index (χ3v) is 9.28. The highest BCUT2D eigenvalue weighted by Crippen LogP contribution is 2.38. The highest BCUT2D eigenvalue weighted by atomic mass is 32.2. The Balaban J connectivity index is 1.26. The van der Waals surface area contributed by atoms with Crippen LogP contribution in [0.25, 0.3) is 6.08 Å². The van der Waals surface area contributed by atoms with Crippen molar-refractivity contribution in [1.29, 1.82) is 0 Å². The number of fused-ring (bicyclic) bond motifs is 1. The smallest absolute Gasteiger partial charge is 0.341 e. The minimum atomic E-state index is -0.582. The summed E-state index contributed by atoms with van der Waals surface area (Å²) >= 11 is 2.71. The molecule has 0 saturated carbocycles. The standard InChI is InChI=1S/C35H32FN3O5S2/c1-2-44-35(43)31-27-13-6-7-14-29(27)46-34(31)39-30(40)21-45-26-12-8-11-25(20-26)37-33(42)28(19-22-15-17-24(36)18-16-22)38-32(41)23-9-4-3-5-10-23/h3-5,8-12,15-20H,2,6-7,13-14,21H2,1H3,(H,37,42)(H,38,41)(H,39,40)/b28-19+. The number of anilines is 2. The molecule has 11 heteroatoms. The van der Waals surface area contributed by atoms with E-state index in [0.29, 0.717) is 27.4 Å². The van der Waals surface area contributed by atoms with Crippen LogP contribution < -0.4 is 16.0 Å². The number of hydrogen-bond acceptors (Lipinski definition) is 7. The first-order chi connectivity index (χ1) is 22.3. The molecule has 0 spiro atoms. The second kappa shape index (κ2) is 15.5. The van der Waals surface area contributed by atoms with Crippen LogP contribution in [0.1, 0.15) is 56.5 Å². The number of nitrogens with one attached hydrogen (secondary N) is 3. The first kappa shape index (κ1) is 32.6. The zero-order chi connectivity index (χ0) is 32.5. The van der Waals surface area contributed by atoms with Gasteiger partial charge in [0.1, 0.15) is 16.5 Å². The van der Waals surface area contributed by atoms with Crippen molar-refractivity contribution in [2.24, 2.45) is 0 Å². The van der Waals surface area contributed by atoms with Crippen LogP contribution >= 0.6 is 23.1 Å². The molecule has 0 bridgehead atoms. The number of esters is 1. The number of carbonyl (C=O) groups excluding carboxylic acids is 4. The second-order valence-corrected chi connectivity index (χ2v) is 12.5. The Morgan fingerprint density at radius 3 is 2.46 bits per heavy atom. The molecule has 0 radical (unpaired) electrons. The van der Waals surface area contributed by atoms with Gasteiger partial charge in [0.05, 0.1) is 17.9 Å². The molecule has 0 saturated heterocycles. The molecule has 1 aliphatic carbocycles. The number of thioether (sulfide) groups is 1. The molecule has 236 valence electrons. The van der Waals surface area contributed by atoms with E-state index in [2.05, 4.69) is 16.0 Å². The summed E-state index contributed by atoms with van der Waals surface area (Å²) in [6.07, 6.45) is 5.18. The number of thiophene rings is 1. The summed E-state index contributed by atoms with van der Waals surface area (Å²) in [6, 6.07) is 21.0. The summed E-state index contributed by atoms with van der Waals surface area (Å²) in [5, 5.41) is 8.89. The van der Waals surface area contributed by atoms with E-state index in [4.69, 9.17) is 4.74 Å². The predicted molar refractivity (Wildman–Crippen MR) is 180 cm³/mol. The number of aryl methyl sites for hydroxylation is 1. The Hall–Kier alpha value is -4.74. The Bertz CT molecular complexity index is 1770. The number of halogens is 1. The van der Waals surface area contributed by atoms with Crippen LogP contribution in [0.2, 0.25) is 0 Å². The normalized spacial score (nSPS) is 12.5. The number of hydrogen-bond donors (Lipinski definition) is 3. The van der Waals surface area contributed by atoms with E-state index in [9.17, 15) is 23.6 Å². The summed E-state index contributed by atoms with van der Waals surface area (Å²) in [5.74, 6) is -2.09. The Morgan fingerprint density at radius 2 is 1.70 bits per heavy atom. The molecule has 0 fully saturated rings. The largest absolute Gasteiger partial charge is 0.462 e. The summed E-state index contributed by atoms with van der Waals surface area (Å²) < 4.78 is 18.8. The minimum absolute atomic E-state index is 0.0334. The van der Waals surface area contributed by atoms with Crippen LogP contribution in [0.15, 0.2) is 89.5 Å². The van der Waals surface area contributed by atoms with E-state index in [1.54, 1.807) is 55.5 Å². The first-order valence-corrected chi connectivity index (χ1v) is 16.6. The molecule has 1 heterocycles. The number of ether oxygens (including phenoxy) is 1. The van der Waals surface area contributed by atoms with Gasteiger partial charge in [-0.1, -0.05) is 36.4 Å². The van der Waals surface area contributed by atoms with Crippen molar-refractivity contribution in [1.82, 2.24) is 5.32 Å². The molecular weight excluding hydrogens is 626 g/mol. The molecule has 4 aromatic rings. The third kappa shape index (κ3) is 8.49. The van der Waals surface area contributed by atoms with Gasteiger partial charge >= 0.3 is 5.97 Å². The maximum Gasteiger partial charge on any atom is 0.341 e. The van der Waals surface area contributed by atoms with Gasteiger partial charge in [-0.05, 0) is 92.3 Å². The van der Waals surface area contributed by atoms with Crippen LogP contribution in [0, 0.1) is 5.82 Å². The van der Waals surface area contributed by atoms with Crippen molar-refractivity contribution < 1.29 is 28.3 Å². The zero-order valence-corrected chi connectivity index (χ0v) is 26.7. The van der Waals surface area contributed by atoms with Crippen molar-refractivity contribution in [2.45, 2.75) is 37.5 Å². The average Bonchev–Trinajstić information content (AvgIpc) is 3.43. The van der Waals surface area contributed by atoms with E-state index in [-0.39, 0.29) is 24.0 Å². The number of carbonyl (C=O) groups is 4.